The average molecular weight is 347 g/mol. The van der Waals surface area contributed by atoms with Gasteiger partial charge in [-0.15, -0.1) is 12.6 Å². The van der Waals surface area contributed by atoms with Crippen molar-refractivity contribution in [3.63, 3.8) is 0 Å². The van der Waals surface area contributed by atoms with E-state index in [1.54, 1.807) is 0 Å². The zero-order valence-corrected chi connectivity index (χ0v) is 16.0. The van der Waals surface area contributed by atoms with E-state index in [1.807, 2.05) is 31.2 Å². The summed E-state index contributed by atoms with van der Waals surface area (Å²) >= 11 is 4.41. The number of rotatable bonds is 10. The molecule has 0 fully saturated rings. The summed E-state index contributed by atoms with van der Waals surface area (Å²) in [6.45, 7) is 6.75. The zero-order chi connectivity index (χ0) is 17.9. The predicted octanol–water partition coefficient (Wildman–Crippen LogP) is 4.68. The van der Waals surface area contributed by atoms with Gasteiger partial charge in [0.25, 0.3) is 0 Å². The topological polar surface area (TPSA) is 55.1 Å². The number of carbonyl (C=O) groups excluding carboxylic acids is 1. The fraction of sp³-hybridized carbons (Fsp3) is 0.500. The first-order chi connectivity index (χ1) is 11.5. The Labute approximate surface area is 151 Å². The number of thiol groups is 1. The summed E-state index contributed by atoms with van der Waals surface area (Å²) in [5.74, 6) is 2.30. The quantitative estimate of drug-likeness (QED) is 0.328. The third kappa shape index (κ3) is 6.86. The van der Waals surface area contributed by atoms with E-state index in [0.717, 1.165) is 28.9 Å². The SMILES string of the molecule is CCCCCCC(C)C(=C=O)NCc1ccc(/C(S)=C(\C)N)cc1. The van der Waals surface area contributed by atoms with Gasteiger partial charge in [0.15, 0.2) is 0 Å². The second-order valence-electron chi connectivity index (χ2n) is 6.35. The Bertz CT molecular complexity index is 582. The molecule has 0 aromatic heterocycles. The molecule has 0 radical (unpaired) electrons. The van der Waals surface area contributed by atoms with Crippen LogP contribution in [0.2, 0.25) is 0 Å². The zero-order valence-electron chi connectivity index (χ0n) is 15.1. The fourth-order valence-corrected chi connectivity index (χ4v) is 2.69. The standard InChI is InChI=1S/C20H30N2OS/c1-4-5-6-7-8-15(2)19(14-23)22-13-17-9-11-18(12-10-17)20(24)16(3)21/h9-12,15,22,24H,4-8,13,21H2,1-3H3/b20-16-. The molecule has 0 aliphatic rings. The van der Waals surface area contributed by atoms with E-state index in [0.29, 0.717) is 17.9 Å². The maximum atomic E-state index is 11.2. The van der Waals surface area contributed by atoms with Crippen LogP contribution in [0.1, 0.15) is 64.0 Å². The molecule has 132 valence electrons. The highest BCUT2D eigenvalue weighted by Gasteiger charge is 2.10. The van der Waals surface area contributed by atoms with Crippen molar-refractivity contribution in [1.29, 1.82) is 0 Å². The number of nitrogens with two attached hydrogens (primary N) is 1. The van der Waals surface area contributed by atoms with Gasteiger partial charge in [-0.05, 0) is 24.5 Å². The van der Waals surface area contributed by atoms with Crippen molar-refractivity contribution in [2.75, 3.05) is 0 Å². The molecule has 3 N–H and O–H groups in total. The molecule has 0 bridgehead atoms. The minimum atomic E-state index is 0.227. The van der Waals surface area contributed by atoms with E-state index >= 15 is 0 Å². The lowest BCUT2D eigenvalue weighted by atomic mass is 9.99. The van der Waals surface area contributed by atoms with Crippen molar-refractivity contribution in [3.05, 3.63) is 46.8 Å². The average Bonchev–Trinajstić information content (AvgIpc) is 2.59. The van der Waals surface area contributed by atoms with Crippen LogP contribution in [0.25, 0.3) is 4.91 Å². The minimum absolute atomic E-state index is 0.227. The van der Waals surface area contributed by atoms with Crippen LogP contribution in [0.5, 0.6) is 0 Å². The van der Waals surface area contributed by atoms with Crippen LogP contribution in [-0.2, 0) is 11.3 Å². The highest BCUT2D eigenvalue weighted by molar-refractivity contribution is 7.90. The van der Waals surface area contributed by atoms with Crippen LogP contribution in [0, 0.1) is 5.92 Å². The maximum absolute atomic E-state index is 11.2. The van der Waals surface area contributed by atoms with Gasteiger partial charge in [-0.2, -0.15) is 0 Å². The van der Waals surface area contributed by atoms with Crippen LogP contribution < -0.4 is 11.1 Å². The molecule has 1 atom stereocenters. The molecule has 3 nitrogen and oxygen atoms in total. The lowest BCUT2D eigenvalue weighted by molar-refractivity contribution is 0.505. The van der Waals surface area contributed by atoms with Gasteiger partial charge in [-0.1, -0.05) is 63.8 Å². The minimum Gasteiger partial charge on any atom is -0.401 e. The van der Waals surface area contributed by atoms with Crippen LogP contribution in [0.3, 0.4) is 0 Å². The summed E-state index contributed by atoms with van der Waals surface area (Å²) in [6.07, 6.45) is 5.91. The number of hydrogen-bond donors (Lipinski definition) is 3. The molecule has 1 aromatic carbocycles. The number of unbranched alkanes of at least 4 members (excludes halogenated alkanes) is 3. The molecule has 1 unspecified atom stereocenters. The van der Waals surface area contributed by atoms with E-state index in [9.17, 15) is 4.79 Å². The third-order valence-electron chi connectivity index (χ3n) is 4.18. The Hall–Kier alpha value is -1.64. The Kier molecular flexibility index (Phi) is 9.36. The Morgan fingerprint density at radius 2 is 1.92 bits per heavy atom. The van der Waals surface area contributed by atoms with E-state index < -0.39 is 0 Å². The second-order valence-corrected chi connectivity index (χ2v) is 6.80. The number of hydrogen-bond acceptors (Lipinski definition) is 4. The lowest BCUT2D eigenvalue weighted by Gasteiger charge is -2.15. The molecule has 0 saturated carbocycles. The van der Waals surface area contributed by atoms with Gasteiger partial charge in [0, 0.05) is 23.1 Å². The highest BCUT2D eigenvalue weighted by atomic mass is 32.1. The molecule has 1 rings (SSSR count). The molecular formula is C20H30N2OS. The molecule has 0 amide bonds. The van der Waals surface area contributed by atoms with E-state index in [2.05, 4.69) is 37.7 Å². The molecule has 4 heteroatoms. The van der Waals surface area contributed by atoms with E-state index in [1.165, 1.54) is 19.3 Å². The Balaban J connectivity index is 2.54. The number of allylic oxidation sites excluding steroid dienone is 2. The fourth-order valence-electron chi connectivity index (χ4n) is 2.54. The lowest BCUT2D eigenvalue weighted by Crippen LogP contribution is -2.19. The molecule has 0 heterocycles. The largest absolute Gasteiger partial charge is 0.401 e. The molecule has 24 heavy (non-hydrogen) atoms. The van der Waals surface area contributed by atoms with Crippen molar-refractivity contribution >= 4 is 23.5 Å². The van der Waals surface area contributed by atoms with Gasteiger partial charge < -0.3 is 11.1 Å². The summed E-state index contributed by atoms with van der Waals surface area (Å²) in [4.78, 5) is 12.0. The second kappa shape index (κ2) is 11.0. The smallest absolute Gasteiger partial charge is 0.145 e. The summed E-state index contributed by atoms with van der Waals surface area (Å²) in [7, 11) is 0. The molecule has 0 aliphatic carbocycles. The van der Waals surface area contributed by atoms with Crippen LogP contribution in [0.4, 0.5) is 0 Å². The van der Waals surface area contributed by atoms with E-state index in [-0.39, 0.29) is 5.92 Å². The maximum Gasteiger partial charge on any atom is 0.145 e. The van der Waals surface area contributed by atoms with Crippen molar-refractivity contribution in [2.45, 2.75) is 59.4 Å². The first kappa shape index (κ1) is 20.4. The van der Waals surface area contributed by atoms with Gasteiger partial charge in [-0.3, -0.25) is 0 Å². The van der Waals surface area contributed by atoms with Gasteiger partial charge >= 0.3 is 0 Å². The van der Waals surface area contributed by atoms with Crippen LogP contribution in [-0.4, -0.2) is 5.94 Å². The summed E-state index contributed by atoms with van der Waals surface area (Å²) in [5, 5.41) is 3.24. The van der Waals surface area contributed by atoms with Crippen molar-refractivity contribution < 1.29 is 4.79 Å². The first-order valence-corrected chi connectivity index (χ1v) is 9.17. The summed E-state index contributed by atoms with van der Waals surface area (Å²) < 4.78 is 0. The molecule has 0 spiro atoms. The highest BCUT2D eigenvalue weighted by Crippen LogP contribution is 2.21. The summed E-state index contributed by atoms with van der Waals surface area (Å²) in [5.41, 5.74) is 9.24. The molecule has 0 saturated heterocycles. The Morgan fingerprint density at radius 1 is 1.25 bits per heavy atom. The predicted molar refractivity (Wildman–Crippen MR) is 106 cm³/mol. The number of nitrogens with one attached hydrogen (secondary N) is 1. The number of benzene rings is 1. The molecule has 0 aliphatic heterocycles. The Morgan fingerprint density at radius 3 is 2.46 bits per heavy atom. The van der Waals surface area contributed by atoms with Gasteiger partial charge in [0.05, 0.1) is 5.70 Å². The molecular weight excluding hydrogens is 316 g/mol. The van der Waals surface area contributed by atoms with Gasteiger partial charge in [0.2, 0.25) is 0 Å². The monoisotopic (exact) mass is 346 g/mol. The van der Waals surface area contributed by atoms with Crippen molar-refractivity contribution in [1.82, 2.24) is 5.32 Å². The third-order valence-corrected chi connectivity index (χ3v) is 4.79. The van der Waals surface area contributed by atoms with Gasteiger partial charge in [-0.25, -0.2) is 4.79 Å². The van der Waals surface area contributed by atoms with Gasteiger partial charge in [0.1, 0.15) is 5.94 Å². The summed E-state index contributed by atoms with van der Waals surface area (Å²) in [6, 6.07) is 8.04. The van der Waals surface area contributed by atoms with Crippen LogP contribution >= 0.6 is 12.6 Å². The van der Waals surface area contributed by atoms with E-state index in [4.69, 9.17) is 5.73 Å². The first-order valence-electron chi connectivity index (χ1n) is 8.73. The van der Waals surface area contributed by atoms with Crippen LogP contribution in [0.15, 0.2) is 35.7 Å². The van der Waals surface area contributed by atoms with Crippen molar-refractivity contribution in [3.8, 4) is 0 Å². The molecule has 1 aromatic rings. The van der Waals surface area contributed by atoms with Crippen molar-refractivity contribution in [2.24, 2.45) is 11.7 Å². The normalized spacial score (nSPS) is 13.0.